The summed E-state index contributed by atoms with van der Waals surface area (Å²) >= 11 is 3.27. The number of nitrogens with one attached hydrogen (secondary N) is 1. The van der Waals surface area contributed by atoms with Gasteiger partial charge in [-0.15, -0.1) is 0 Å². The second-order valence-corrected chi connectivity index (χ2v) is 5.90. The predicted molar refractivity (Wildman–Crippen MR) is 85.2 cm³/mol. The van der Waals surface area contributed by atoms with Crippen LogP contribution in [0, 0.1) is 12.7 Å². The Bertz CT molecular complexity index is 566. The standard InChI is InChI=1S/C17H19BrFN/c1-3-17(13-6-4-12(2)5-7-13)20-11-14-8-9-15(18)10-16(14)19/h4-10,17,20H,3,11H2,1-2H3. The zero-order chi connectivity index (χ0) is 14.5. The molecule has 0 fully saturated rings. The van der Waals surface area contributed by atoms with Crippen LogP contribution in [0.25, 0.3) is 0 Å². The van der Waals surface area contributed by atoms with E-state index in [2.05, 4.69) is 59.4 Å². The van der Waals surface area contributed by atoms with Crippen molar-refractivity contribution in [2.45, 2.75) is 32.9 Å². The summed E-state index contributed by atoms with van der Waals surface area (Å²) in [5.41, 5.74) is 3.19. The van der Waals surface area contributed by atoms with Crippen LogP contribution < -0.4 is 5.32 Å². The van der Waals surface area contributed by atoms with Crippen LogP contribution in [0.2, 0.25) is 0 Å². The Hall–Kier alpha value is -1.19. The van der Waals surface area contributed by atoms with Gasteiger partial charge in [-0.3, -0.25) is 0 Å². The fourth-order valence-corrected chi connectivity index (χ4v) is 2.53. The molecule has 106 valence electrons. The lowest BCUT2D eigenvalue weighted by atomic mass is 10.0. The lowest BCUT2D eigenvalue weighted by Gasteiger charge is -2.18. The maximum Gasteiger partial charge on any atom is 0.128 e. The van der Waals surface area contributed by atoms with Gasteiger partial charge in [0.25, 0.3) is 0 Å². The van der Waals surface area contributed by atoms with Crippen LogP contribution in [0.5, 0.6) is 0 Å². The summed E-state index contributed by atoms with van der Waals surface area (Å²) in [6.45, 7) is 4.75. The summed E-state index contributed by atoms with van der Waals surface area (Å²) in [6, 6.07) is 13.9. The molecule has 0 heterocycles. The van der Waals surface area contributed by atoms with Crippen LogP contribution in [0.4, 0.5) is 4.39 Å². The van der Waals surface area contributed by atoms with Gasteiger partial charge >= 0.3 is 0 Å². The summed E-state index contributed by atoms with van der Waals surface area (Å²) < 4.78 is 14.6. The first-order chi connectivity index (χ1) is 9.60. The normalized spacial score (nSPS) is 12.4. The molecule has 3 heteroatoms. The Balaban J connectivity index is 2.05. The van der Waals surface area contributed by atoms with Crippen LogP contribution in [0.1, 0.15) is 36.1 Å². The highest BCUT2D eigenvalue weighted by Crippen LogP contribution is 2.20. The van der Waals surface area contributed by atoms with Crippen molar-refractivity contribution in [1.29, 1.82) is 0 Å². The third kappa shape index (κ3) is 3.90. The van der Waals surface area contributed by atoms with Crippen LogP contribution in [-0.2, 0) is 6.54 Å². The summed E-state index contributed by atoms with van der Waals surface area (Å²) in [4.78, 5) is 0. The van der Waals surface area contributed by atoms with Crippen LogP contribution in [-0.4, -0.2) is 0 Å². The lowest BCUT2D eigenvalue weighted by molar-refractivity contribution is 0.504. The molecule has 0 radical (unpaired) electrons. The number of hydrogen-bond donors (Lipinski definition) is 1. The highest BCUT2D eigenvalue weighted by molar-refractivity contribution is 9.10. The molecule has 0 aromatic heterocycles. The molecule has 0 saturated heterocycles. The molecule has 1 atom stereocenters. The molecule has 1 N–H and O–H groups in total. The van der Waals surface area contributed by atoms with Crippen molar-refractivity contribution in [3.8, 4) is 0 Å². The zero-order valence-corrected chi connectivity index (χ0v) is 13.4. The van der Waals surface area contributed by atoms with Crippen molar-refractivity contribution < 1.29 is 4.39 Å². The topological polar surface area (TPSA) is 12.0 Å². The number of aryl methyl sites for hydroxylation is 1. The van der Waals surface area contributed by atoms with Gasteiger partial charge in [0.1, 0.15) is 5.82 Å². The number of hydrogen-bond acceptors (Lipinski definition) is 1. The van der Waals surface area contributed by atoms with Crippen molar-refractivity contribution in [2.24, 2.45) is 0 Å². The van der Waals surface area contributed by atoms with E-state index in [1.165, 1.54) is 17.2 Å². The van der Waals surface area contributed by atoms with E-state index in [0.717, 1.165) is 10.9 Å². The Morgan fingerprint density at radius 1 is 1.15 bits per heavy atom. The largest absolute Gasteiger partial charge is 0.306 e. The number of rotatable bonds is 5. The molecule has 2 aromatic rings. The summed E-state index contributed by atoms with van der Waals surface area (Å²) in [6.07, 6.45) is 0.973. The molecule has 2 rings (SSSR count). The Labute approximate surface area is 128 Å². The van der Waals surface area contributed by atoms with E-state index < -0.39 is 0 Å². The van der Waals surface area contributed by atoms with Crippen molar-refractivity contribution >= 4 is 15.9 Å². The van der Waals surface area contributed by atoms with Gasteiger partial charge in [-0.2, -0.15) is 0 Å². The van der Waals surface area contributed by atoms with E-state index in [9.17, 15) is 4.39 Å². The second-order valence-electron chi connectivity index (χ2n) is 4.99. The molecule has 0 aliphatic heterocycles. The first-order valence-electron chi connectivity index (χ1n) is 6.84. The van der Waals surface area contributed by atoms with Gasteiger partial charge in [0.2, 0.25) is 0 Å². The van der Waals surface area contributed by atoms with Gasteiger partial charge in [-0.1, -0.05) is 58.7 Å². The van der Waals surface area contributed by atoms with E-state index in [-0.39, 0.29) is 11.9 Å². The number of halogens is 2. The summed E-state index contributed by atoms with van der Waals surface area (Å²) in [5, 5.41) is 3.43. The van der Waals surface area contributed by atoms with Crippen LogP contribution in [0.3, 0.4) is 0 Å². The minimum Gasteiger partial charge on any atom is -0.306 e. The molecule has 0 spiro atoms. The van der Waals surface area contributed by atoms with E-state index in [1.807, 2.05) is 12.1 Å². The molecular formula is C17H19BrFN. The average Bonchev–Trinajstić information content (AvgIpc) is 2.43. The molecule has 1 nitrogen and oxygen atoms in total. The smallest absolute Gasteiger partial charge is 0.128 e. The highest BCUT2D eigenvalue weighted by Gasteiger charge is 2.10. The molecular weight excluding hydrogens is 317 g/mol. The molecule has 0 saturated carbocycles. The van der Waals surface area contributed by atoms with Crippen LogP contribution >= 0.6 is 15.9 Å². The Morgan fingerprint density at radius 2 is 1.85 bits per heavy atom. The van der Waals surface area contributed by atoms with Gasteiger partial charge < -0.3 is 5.32 Å². The van der Waals surface area contributed by atoms with Gasteiger partial charge in [0.15, 0.2) is 0 Å². The SMILES string of the molecule is CCC(NCc1ccc(Br)cc1F)c1ccc(C)cc1. The zero-order valence-electron chi connectivity index (χ0n) is 11.8. The van der Waals surface area contributed by atoms with Crippen LogP contribution in [0.15, 0.2) is 46.9 Å². The van der Waals surface area contributed by atoms with Crippen molar-refractivity contribution in [3.05, 3.63) is 69.4 Å². The average molecular weight is 336 g/mol. The van der Waals surface area contributed by atoms with E-state index in [1.54, 1.807) is 0 Å². The summed E-state index contributed by atoms with van der Waals surface area (Å²) in [5.74, 6) is -0.175. The second kappa shape index (κ2) is 7.00. The molecule has 0 bridgehead atoms. The molecule has 1 unspecified atom stereocenters. The molecule has 0 aliphatic carbocycles. The predicted octanol–water partition coefficient (Wildman–Crippen LogP) is 5.14. The first-order valence-corrected chi connectivity index (χ1v) is 7.63. The molecule has 20 heavy (non-hydrogen) atoms. The van der Waals surface area contributed by atoms with Gasteiger partial charge in [-0.05, 0) is 31.0 Å². The quantitative estimate of drug-likeness (QED) is 0.797. The van der Waals surface area contributed by atoms with Gasteiger partial charge in [-0.25, -0.2) is 4.39 Å². The third-order valence-corrected chi connectivity index (χ3v) is 3.94. The van der Waals surface area contributed by atoms with E-state index >= 15 is 0 Å². The lowest BCUT2D eigenvalue weighted by Crippen LogP contribution is -2.20. The van der Waals surface area contributed by atoms with E-state index in [4.69, 9.17) is 0 Å². The maximum absolute atomic E-state index is 13.8. The molecule has 2 aromatic carbocycles. The first kappa shape index (κ1) is 15.2. The maximum atomic E-state index is 13.8. The van der Waals surface area contributed by atoms with Crippen molar-refractivity contribution in [3.63, 3.8) is 0 Å². The van der Waals surface area contributed by atoms with Gasteiger partial charge in [0, 0.05) is 22.6 Å². The monoisotopic (exact) mass is 335 g/mol. The Kier molecular flexibility index (Phi) is 5.32. The number of benzene rings is 2. The Morgan fingerprint density at radius 3 is 2.45 bits per heavy atom. The molecule has 0 amide bonds. The highest BCUT2D eigenvalue weighted by atomic mass is 79.9. The van der Waals surface area contributed by atoms with Gasteiger partial charge in [0.05, 0.1) is 0 Å². The van der Waals surface area contributed by atoms with Crippen molar-refractivity contribution in [2.75, 3.05) is 0 Å². The minimum atomic E-state index is -0.175. The fraction of sp³-hybridized carbons (Fsp3) is 0.294. The third-order valence-electron chi connectivity index (χ3n) is 3.44. The fourth-order valence-electron chi connectivity index (χ4n) is 2.19. The van der Waals surface area contributed by atoms with E-state index in [0.29, 0.717) is 12.1 Å². The summed E-state index contributed by atoms with van der Waals surface area (Å²) in [7, 11) is 0. The minimum absolute atomic E-state index is 0.175. The van der Waals surface area contributed by atoms with Crippen molar-refractivity contribution in [1.82, 2.24) is 5.32 Å². The molecule has 0 aliphatic rings.